The molecular weight excluding hydrogens is 343 g/mol. The SMILES string of the molecule is C[C@@H](Oc1ccccc1[N+](=O)[O-])C(=O)Nc1ccc(Cl)cc1Cl. The summed E-state index contributed by atoms with van der Waals surface area (Å²) >= 11 is 11.8. The van der Waals surface area contributed by atoms with E-state index in [1.807, 2.05) is 0 Å². The van der Waals surface area contributed by atoms with Crippen molar-refractivity contribution in [2.75, 3.05) is 5.32 Å². The zero-order chi connectivity index (χ0) is 17.0. The number of hydrogen-bond acceptors (Lipinski definition) is 4. The average molecular weight is 355 g/mol. The highest BCUT2D eigenvalue weighted by Gasteiger charge is 2.21. The molecule has 0 saturated carbocycles. The second-order valence-electron chi connectivity index (χ2n) is 4.60. The van der Waals surface area contributed by atoms with Gasteiger partial charge in [0.2, 0.25) is 0 Å². The van der Waals surface area contributed by atoms with Gasteiger partial charge in [-0.15, -0.1) is 0 Å². The number of hydrogen-bond donors (Lipinski definition) is 1. The maximum absolute atomic E-state index is 12.1. The van der Waals surface area contributed by atoms with Crippen LogP contribution in [0, 0.1) is 10.1 Å². The first kappa shape index (κ1) is 17.1. The smallest absolute Gasteiger partial charge is 0.310 e. The van der Waals surface area contributed by atoms with Crippen LogP contribution >= 0.6 is 23.2 Å². The van der Waals surface area contributed by atoms with Crippen LogP contribution in [0.1, 0.15) is 6.92 Å². The fourth-order valence-corrected chi connectivity index (χ4v) is 2.23. The summed E-state index contributed by atoms with van der Waals surface area (Å²) in [6.45, 7) is 1.48. The lowest BCUT2D eigenvalue weighted by Gasteiger charge is -2.15. The Morgan fingerprint density at radius 3 is 2.61 bits per heavy atom. The first-order valence-corrected chi connectivity index (χ1v) is 7.30. The number of nitrogens with one attached hydrogen (secondary N) is 1. The van der Waals surface area contributed by atoms with Crippen molar-refractivity contribution in [3.8, 4) is 5.75 Å². The van der Waals surface area contributed by atoms with Crippen LogP contribution in [0.25, 0.3) is 0 Å². The van der Waals surface area contributed by atoms with Crippen molar-refractivity contribution in [3.63, 3.8) is 0 Å². The Hall–Kier alpha value is -2.31. The minimum Gasteiger partial charge on any atom is -0.474 e. The van der Waals surface area contributed by atoms with E-state index in [9.17, 15) is 14.9 Å². The molecule has 2 aromatic carbocycles. The van der Waals surface area contributed by atoms with Gasteiger partial charge in [0.05, 0.1) is 15.6 Å². The van der Waals surface area contributed by atoms with E-state index >= 15 is 0 Å². The summed E-state index contributed by atoms with van der Waals surface area (Å²) in [7, 11) is 0. The van der Waals surface area contributed by atoms with E-state index in [1.165, 1.54) is 31.2 Å². The maximum Gasteiger partial charge on any atom is 0.310 e. The molecule has 1 N–H and O–H groups in total. The Morgan fingerprint density at radius 1 is 1.26 bits per heavy atom. The Labute approximate surface area is 142 Å². The summed E-state index contributed by atoms with van der Waals surface area (Å²) in [5.74, 6) is -0.477. The topological polar surface area (TPSA) is 81.5 Å². The van der Waals surface area contributed by atoms with Gasteiger partial charge in [-0.05, 0) is 31.2 Å². The molecule has 23 heavy (non-hydrogen) atoms. The largest absolute Gasteiger partial charge is 0.474 e. The van der Waals surface area contributed by atoms with Crippen LogP contribution in [0.4, 0.5) is 11.4 Å². The fraction of sp³-hybridized carbons (Fsp3) is 0.133. The normalized spacial score (nSPS) is 11.6. The predicted octanol–water partition coefficient (Wildman–Crippen LogP) is 4.31. The number of ether oxygens (including phenoxy) is 1. The number of anilines is 1. The number of rotatable bonds is 5. The van der Waals surface area contributed by atoms with Crippen LogP contribution in [0.2, 0.25) is 10.0 Å². The standard InChI is InChI=1S/C15H12Cl2N2O4/c1-9(23-14-5-3-2-4-13(14)19(21)22)15(20)18-12-7-6-10(16)8-11(12)17/h2-9H,1H3,(H,18,20)/t9-/m1/s1. The van der Waals surface area contributed by atoms with Crippen LogP contribution in [-0.2, 0) is 4.79 Å². The van der Waals surface area contributed by atoms with Gasteiger partial charge < -0.3 is 10.1 Å². The first-order valence-electron chi connectivity index (χ1n) is 6.54. The molecule has 1 amide bonds. The summed E-state index contributed by atoms with van der Waals surface area (Å²) in [6, 6.07) is 10.5. The number of amides is 1. The third kappa shape index (κ3) is 4.34. The molecule has 2 aromatic rings. The molecule has 8 heteroatoms. The van der Waals surface area contributed by atoms with Crippen molar-refractivity contribution in [2.24, 2.45) is 0 Å². The Bertz CT molecular complexity index is 752. The van der Waals surface area contributed by atoms with Gasteiger partial charge in [0.1, 0.15) is 0 Å². The summed E-state index contributed by atoms with van der Waals surface area (Å²) < 4.78 is 5.38. The molecule has 2 rings (SSSR count). The molecular formula is C15H12Cl2N2O4. The van der Waals surface area contributed by atoms with E-state index in [4.69, 9.17) is 27.9 Å². The second-order valence-corrected chi connectivity index (χ2v) is 5.44. The molecule has 0 aliphatic rings. The van der Waals surface area contributed by atoms with Crippen LogP contribution < -0.4 is 10.1 Å². The van der Waals surface area contributed by atoms with Gasteiger partial charge in [-0.25, -0.2) is 0 Å². The van der Waals surface area contributed by atoms with Crippen LogP contribution in [0.5, 0.6) is 5.75 Å². The number of carbonyl (C=O) groups is 1. The van der Waals surface area contributed by atoms with Crippen molar-refractivity contribution in [3.05, 3.63) is 62.6 Å². The molecule has 0 aromatic heterocycles. The third-order valence-corrected chi connectivity index (χ3v) is 3.47. The number of halogens is 2. The maximum atomic E-state index is 12.1. The highest BCUT2D eigenvalue weighted by Crippen LogP contribution is 2.28. The highest BCUT2D eigenvalue weighted by atomic mass is 35.5. The van der Waals surface area contributed by atoms with Gasteiger partial charge in [-0.3, -0.25) is 14.9 Å². The molecule has 0 unspecified atom stereocenters. The lowest BCUT2D eigenvalue weighted by molar-refractivity contribution is -0.386. The van der Waals surface area contributed by atoms with Gasteiger partial charge in [0.25, 0.3) is 5.91 Å². The van der Waals surface area contributed by atoms with Gasteiger partial charge >= 0.3 is 5.69 Å². The summed E-state index contributed by atoms with van der Waals surface area (Å²) in [4.78, 5) is 22.5. The zero-order valence-electron chi connectivity index (χ0n) is 12.0. The molecule has 0 bridgehead atoms. The molecule has 6 nitrogen and oxygen atoms in total. The van der Waals surface area contributed by atoms with E-state index in [0.29, 0.717) is 10.7 Å². The van der Waals surface area contributed by atoms with Gasteiger partial charge in [0.15, 0.2) is 11.9 Å². The summed E-state index contributed by atoms with van der Waals surface area (Å²) in [5, 5.41) is 14.2. The zero-order valence-corrected chi connectivity index (χ0v) is 13.5. The molecule has 0 aliphatic heterocycles. The van der Waals surface area contributed by atoms with Gasteiger partial charge in [-0.2, -0.15) is 0 Å². The molecule has 0 fully saturated rings. The Morgan fingerprint density at radius 2 is 1.96 bits per heavy atom. The van der Waals surface area contributed by atoms with E-state index < -0.39 is 16.9 Å². The summed E-state index contributed by atoms with van der Waals surface area (Å²) in [5.41, 5.74) is 0.163. The van der Waals surface area contributed by atoms with Crippen molar-refractivity contribution in [1.82, 2.24) is 0 Å². The lowest BCUT2D eigenvalue weighted by Crippen LogP contribution is -2.30. The van der Waals surface area contributed by atoms with Crippen molar-refractivity contribution in [2.45, 2.75) is 13.0 Å². The Balaban J connectivity index is 2.10. The van der Waals surface area contributed by atoms with Crippen LogP contribution in [0.15, 0.2) is 42.5 Å². The second kappa shape index (κ2) is 7.30. The minimum atomic E-state index is -0.956. The Kier molecular flexibility index (Phi) is 5.41. The highest BCUT2D eigenvalue weighted by molar-refractivity contribution is 6.36. The van der Waals surface area contributed by atoms with Crippen molar-refractivity contribution in [1.29, 1.82) is 0 Å². The molecule has 0 spiro atoms. The molecule has 120 valence electrons. The van der Waals surface area contributed by atoms with E-state index in [-0.39, 0.29) is 16.5 Å². The van der Waals surface area contributed by atoms with E-state index in [2.05, 4.69) is 5.32 Å². The quantitative estimate of drug-likeness (QED) is 0.640. The number of nitro benzene ring substituents is 1. The molecule has 0 heterocycles. The molecule has 0 saturated heterocycles. The van der Waals surface area contributed by atoms with Crippen LogP contribution in [0.3, 0.4) is 0 Å². The minimum absolute atomic E-state index is 0.0161. The number of benzene rings is 2. The summed E-state index contributed by atoms with van der Waals surface area (Å²) in [6.07, 6.45) is -0.956. The molecule has 0 radical (unpaired) electrons. The molecule has 0 aliphatic carbocycles. The van der Waals surface area contributed by atoms with Gasteiger partial charge in [0, 0.05) is 11.1 Å². The lowest BCUT2D eigenvalue weighted by atomic mass is 10.2. The predicted molar refractivity (Wildman–Crippen MR) is 88.3 cm³/mol. The number of nitrogens with zero attached hydrogens (tertiary/aromatic N) is 1. The first-order chi connectivity index (χ1) is 10.9. The van der Waals surface area contributed by atoms with E-state index in [0.717, 1.165) is 0 Å². The third-order valence-electron chi connectivity index (χ3n) is 2.92. The average Bonchev–Trinajstić information content (AvgIpc) is 2.50. The van der Waals surface area contributed by atoms with Gasteiger partial charge in [-0.1, -0.05) is 35.3 Å². The number of carbonyl (C=O) groups excluding carboxylic acids is 1. The van der Waals surface area contributed by atoms with Crippen LogP contribution in [-0.4, -0.2) is 16.9 Å². The molecule has 1 atom stereocenters. The number of nitro groups is 1. The fourth-order valence-electron chi connectivity index (χ4n) is 1.78. The van der Waals surface area contributed by atoms with Crippen molar-refractivity contribution < 1.29 is 14.5 Å². The monoisotopic (exact) mass is 354 g/mol. The van der Waals surface area contributed by atoms with E-state index in [1.54, 1.807) is 18.2 Å². The van der Waals surface area contributed by atoms with Crippen molar-refractivity contribution >= 4 is 40.5 Å². The number of para-hydroxylation sites is 2.